The molecule has 0 saturated heterocycles. The van der Waals surface area contributed by atoms with Crippen LogP contribution in [0.1, 0.15) is 86.5 Å². The summed E-state index contributed by atoms with van der Waals surface area (Å²) in [6.07, 6.45) is 9.68. The fourth-order valence-electron chi connectivity index (χ4n) is 2.27. The molecule has 0 aliphatic carbocycles. The van der Waals surface area contributed by atoms with Crippen LogP contribution in [0.5, 0.6) is 0 Å². The summed E-state index contributed by atoms with van der Waals surface area (Å²) in [5, 5.41) is 0. The highest BCUT2D eigenvalue weighted by molar-refractivity contribution is 4.73. The first kappa shape index (κ1) is 16.0. The van der Waals surface area contributed by atoms with Crippen molar-refractivity contribution in [1.82, 2.24) is 0 Å². The van der Waals surface area contributed by atoms with Gasteiger partial charge in [-0.1, -0.05) is 73.6 Å². The summed E-state index contributed by atoms with van der Waals surface area (Å²) >= 11 is 0. The van der Waals surface area contributed by atoms with E-state index in [-0.39, 0.29) is 0 Å². The number of hydrogen-bond donors (Lipinski definition) is 0. The Morgan fingerprint density at radius 3 is 1.81 bits per heavy atom. The van der Waals surface area contributed by atoms with Crippen LogP contribution in [0.15, 0.2) is 0 Å². The normalized spacial score (nSPS) is 16.1. The van der Waals surface area contributed by atoms with Crippen molar-refractivity contribution in [2.24, 2.45) is 17.3 Å². The third-order valence-corrected chi connectivity index (χ3v) is 4.89. The van der Waals surface area contributed by atoms with Crippen molar-refractivity contribution in [1.29, 1.82) is 0 Å². The predicted octanol–water partition coefficient (Wildman–Crippen LogP) is 6.06. The van der Waals surface area contributed by atoms with Gasteiger partial charge in [-0.05, 0) is 30.1 Å². The monoisotopic (exact) mass is 226 g/mol. The van der Waals surface area contributed by atoms with Crippen molar-refractivity contribution in [3.8, 4) is 0 Å². The lowest BCUT2D eigenvalue weighted by molar-refractivity contribution is 0.223. The molecule has 0 aromatic heterocycles. The highest BCUT2D eigenvalue weighted by Crippen LogP contribution is 2.34. The van der Waals surface area contributed by atoms with Crippen LogP contribution >= 0.6 is 0 Å². The average molecular weight is 226 g/mol. The molecule has 98 valence electrons. The largest absolute Gasteiger partial charge is 0.0654 e. The van der Waals surface area contributed by atoms with Crippen LogP contribution in [0, 0.1) is 17.3 Å². The Kier molecular flexibility index (Phi) is 8.14. The minimum atomic E-state index is 0.596. The zero-order chi connectivity index (χ0) is 12.6. The summed E-state index contributed by atoms with van der Waals surface area (Å²) in [6.45, 7) is 14.3. The first-order valence-electron chi connectivity index (χ1n) is 7.49. The molecule has 16 heavy (non-hydrogen) atoms. The molecular formula is C16H34. The molecule has 0 heterocycles. The van der Waals surface area contributed by atoms with Crippen LogP contribution in [0.2, 0.25) is 0 Å². The molecule has 2 atom stereocenters. The minimum Gasteiger partial charge on any atom is -0.0654 e. The topological polar surface area (TPSA) is 0 Å². The van der Waals surface area contributed by atoms with Gasteiger partial charge in [0.2, 0.25) is 0 Å². The maximum Gasteiger partial charge on any atom is -0.0331 e. The molecule has 0 spiro atoms. The van der Waals surface area contributed by atoms with Gasteiger partial charge in [-0.2, -0.15) is 0 Å². The Morgan fingerprint density at radius 2 is 1.38 bits per heavy atom. The third kappa shape index (κ3) is 5.92. The van der Waals surface area contributed by atoms with E-state index in [0.29, 0.717) is 5.41 Å². The molecule has 0 radical (unpaired) electrons. The summed E-state index contributed by atoms with van der Waals surface area (Å²) in [6, 6.07) is 0. The summed E-state index contributed by atoms with van der Waals surface area (Å²) in [4.78, 5) is 0. The predicted molar refractivity (Wildman–Crippen MR) is 75.8 cm³/mol. The Morgan fingerprint density at radius 1 is 0.875 bits per heavy atom. The zero-order valence-electron chi connectivity index (χ0n) is 12.6. The van der Waals surface area contributed by atoms with Crippen molar-refractivity contribution in [3.63, 3.8) is 0 Å². The molecule has 0 aliphatic rings. The van der Waals surface area contributed by atoms with Gasteiger partial charge in [-0.15, -0.1) is 0 Å². The Bertz CT molecular complexity index is 155. The first-order chi connectivity index (χ1) is 7.49. The Labute approximate surface area is 104 Å². The van der Waals surface area contributed by atoms with E-state index in [1.165, 1.54) is 44.9 Å². The fraction of sp³-hybridized carbons (Fsp3) is 1.00. The van der Waals surface area contributed by atoms with E-state index in [1.807, 2.05) is 0 Å². The van der Waals surface area contributed by atoms with Crippen molar-refractivity contribution >= 4 is 0 Å². The Hall–Kier alpha value is 0. The smallest absolute Gasteiger partial charge is 0.0331 e. The van der Waals surface area contributed by atoms with Gasteiger partial charge in [-0.25, -0.2) is 0 Å². The maximum atomic E-state index is 2.45. The van der Waals surface area contributed by atoms with Crippen LogP contribution in [0.3, 0.4) is 0 Å². The first-order valence-corrected chi connectivity index (χ1v) is 7.49. The molecule has 0 N–H and O–H groups in total. The van der Waals surface area contributed by atoms with E-state index in [2.05, 4.69) is 41.5 Å². The molecule has 0 aromatic rings. The van der Waals surface area contributed by atoms with Crippen molar-refractivity contribution in [2.45, 2.75) is 86.5 Å². The van der Waals surface area contributed by atoms with Gasteiger partial charge >= 0.3 is 0 Å². The van der Waals surface area contributed by atoms with Crippen LogP contribution < -0.4 is 0 Å². The van der Waals surface area contributed by atoms with Crippen molar-refractivity contribution < 1.29 is 0 Å². The highest BCUT2D eigenvalue weighted by Gasteiger charge is 2.21. The molecule has 0 bridgehead atoms. The third-order valence-electron chi connectivity index (χ3n) is 4.89. The second-order valence-electron chi connectivity index (χ2n) is 6.15. The molecule has 2 unspecified atom stereocenters. The SMILES string of the molecule is CCCCC(C)C(C)CCC(C)(CC)CC. The van der Waals surface area contributed by atoms with Gasteiger partial charge in [0.15, 0.2) is 0 Å². The maximum absolute atomic E-state index is 2.45. The lowest BCUT2D eigenvalue weighted by Gasteiger charge is -2.29. The fourth-order valence-corrected chi connectivity index (χ4v) is 2.27. The van der Waals surface area contributed by atoms with Crippen LogP contribution in [0.25, 0.3) is 0 Å². The van der Waals surface area contributed by atoms with Gasteiger partial charge in [0.1, 0.15) is 0 Å². The summed E-state index contributed by atoms with van der Waals surface area (Å²) in [7, 11) is 0. The molecule has 0 amide bonds. The van der Waals surface area contributed by atoms with Crippen LogP contribution in [-0.4, -0.2) is 0 Å². The molecule has 0 rings (SSSR count). The second kappa shape index (κ2) is 8.14. The lowest BCUT2D eigenvalue weighted by Crippen LogP contribution is -2.17. The van der Waals surface area contributed by atoms with E-state index in [0.717, 1.165) is 11.8 Å². The van der Waals surface area contributed by atoms with Crippen LogP contribution in [0.4, 0.5) is 0 Å². The van der Waals surface area contributed by atoms with Gasteiger partial charge in [0.25, 0.3) is 0 Å². The average Bonchev–Trinajstić information content (AvgIpc) is 2.32. The van der Waals surface area contributed by atoms with Gasteiger partial charge < -0.3 is 0 Å². The molecule has 0 aromatic carbocycles. The molecule has 0 fully saturated rings. The molecule has 0 aliphatic heterocycles. The lowest BCUT2D eigenvalue weighted by atomic mass is 9.76. The van der Waals surface area contributed by atoms with Crippen molar-refractivity contribution in [3.05, 3.63) is 0 Å². The van der Waals surface area contributed by atoms with Gasteiger partial charge in [0.05, 0.1) is 0 Å². The van der Waals surface area contributed by atoms with E-state index in [9.17, 15) is 0 Å². The molecule has 0 nitrogen and oxygen atoms in total. The molecule has 0 saturated carbocycles. The minimum absolute atomic E-state index is 0.596. The molecular weight excluding hydrogens is 192 g/mol. The summed E-state index contributed by atoms with van der Waals surface area (Å²) < 4.78 is 0. The number of hydrogen-bond acceptors (Lipinski definition) is 0. The van der Waals surface area contributed by atoms with E-state index in [4.69, 9.17) is 0 Å². The summed E-state index contributed by atoms with van der Waals surface area (Å²) in [5.41, 5.74) is 0.596. The van der Waals surface area contributed by atoms with E-state index < -0.39 is 0 Å². The van der Waals surface area contributed by atoms with E-state index in [1.54, 1.807) is 0 Å². The second-order valence-corrected chi connectivity index (χ2v) is 6.15. The van der Waals surface area contributed by atoms with Gasteiger partial charge in [0, 0.05) is 0 Å². The standard InChI is InChI=1S/C16H34/c1-7-10-11-14(4)15(5)12-13-16(6,8-2)9-3/h14-15H,7-13H2,1-6H3. The van der Waals surface area contributed by atoms with Gasteiger partial charge in [-0.3, -0.25) is 0 Å². The molecule has 0 heteroatoms. The summed E-state index contributed by atoms with van der Waals surface area (Å²) in [5.74, 6) is 1.82. The number of unbranched alkanes of at least 4 members (excludes halogenated alkanes) is 1. The zero-order valence-corrected chi connectivity index (χ0v) is 12.6. The van der Waals surface area contributed by atoms with Crippen LogP contribution in [-0.2, 0) is 0 Å². The highest BCUT2D eigenvalue weighted by atomic mass is 14.3. The quantitative estimate of drug-likeness (QED) is 0.448. The van der Waals surface area contributed by atoms with Crippen molar-refractivity contribution in [2.75, 3.05) is 0 Å². The Balaban J connectivity index is 3.90. The van der Waals surface area contributed by atoms with E-state index >= 15 is 0 Å². The number of rotatable bonds is 9.